The van der Waals surface area contributed by atoms with E-state index < -0.39 is 0 Å². The van der Waals surface area contributed by atoms with Crippen molar-refractivity contribution in [2.45, 2.75) is 19.3 Å². The van der Waals surface area contributed by atoms with Gasteiger partial charge in [-0.05, 0) is 49.1 Å². The van der Waals surface area contributed by atoms with E-state index in [9.17, 15) is 4.79 Å². The second-order valence-electron chi connectivity index (χ2n) is 4.44. The Morgan fingerprint density at radius 1 is 1.32 bits per heavy atom. The number of carbonyl (C=O) groups is 1. The molecule has 1 aliphatic rings. The standard InChI is InChI=1S/C15H11NO2S/c16-9-10-3-1-5-12(7-10)18-15(17)14-8-11-4-2-6-13(11)19-14/h1,3,5,7-8H,2,4,6H2. The van der Waals surface area contributed by atoms with E-state index >= 15 is 0 Å². The summed E-state index contributed by atoms with van der Waals surface area (Å²) < 4.78 is 5.30. The molecule has 0 atom stereocenters. The SMILES string of the molecule is N#Cc1cccc(OC(=O)c2cc3c(s2)CCC3)c1. The minimum atomic E-state index is -0.338. The van der Waals surface area contributed by atoms with Gasteiger partial charge in [-0.2, -0.15) is 5.26 Å². The van der Waals surface area contributed by atoms with E-state index in [1.807, 2.05) is 12.1 Å². The Kier molecular flexibility index (Phi) is 3.06. The number of carbonyl (C=O) groups excluding carboxylic acids is 1. The first-order valence-corrected chi connectivity index (χ1v) is 6.92. The average Bonchev–Trinajstić information content (AvgIpc) is 2.99. The van der Waals surface area contributed by atoms with Gasteiger partial charge in [-0.25, -0.2) is 4.79 Å². The molecule has 1 heterocycles. The zero-order chi connectivity index (χ0) is 13.2. The topological polar surface area (TPSA) is 50.1 Å². The van der Waals surface area contributed by atoms with Crippen molar-refractivity contribution in [3.63, 3.8) is 0 Å². The van der Waals surface area contributed by atoms with Crippen LogP contribution < -0.4 is 4.74 Å². The van der Waals surface area contributed by atoms with E-state index in [2.05, 4.69) is 0 Å². The van der Waals surface area contributed by atoms with Crippen LogP contribution in [0.4, 0.5) is 0 Å². The van der Waals surface area contributed by atoms with E-state index in [4.69, 9.17) is 10.00 Å². The van der Waals surface area contributed by atoms with Gasteiger partial charge in [-0.1, -0.05) is 6.07 Å². The molecule has 0 fully saturated rings. The highest BCUT2D eigenvalue weighted by molar-refractivity contribution is 7.14. The first-order valence-electron chi connectivity index (χ1n) is 6.10. The summed E-state index contributed by atoms with van der Waals surface area (Å²) in [4.78, 5) is 14.0. The van der Waals surface area contributed by atoms with Crippen molar-refractivity contribution < 1.29 is 9.53 Å². The predicted octanol–water partition coefficient (Wildman–Crippen LogP) is 3.33. The Morgan fingerprint density at radius 2 is 2.21 bits per heavy atom. The van der Waals surface area contributed by atoms with Crippen LogP contribution in [0.1, 0.15) is 32.1 Å². The normalized spacial score (nSPS) is 12.8. The van der Waals surface area contributed by atoms with Gasteiger partial charge in [0.1, 0.15) is 10.6 Å². The molecule has 3 nitrogen and oxygen atoms in total. The van der Waals surface area contributed by atoms with Crippen LogP contribution in [0.5, 0.6) is 5.75 Å². The third-order valence-corrected chi connectivity index (χ3v) is 4.34. The Bertz CT molecular complexity index is 660. The maximum atomic E-state index is 12.0. The molecule has 4 heteroatoms. The molecule has 0 saturated carbocycles. The van der Waals surface area contributed by atoms with Gasteiger partial charge < -0.3 is 4.74 Å². The van der Waals surface area contributed by atoms with Crippen LogP contribution >= 0.6 is 11.3 Å². The van der Waals surface area contributed by atoms with E-state index in [0.29, 0.717) is 16.2 Å². The first-order chi connectivity index (χ1) is 9.26. The van der Waals surface area contributed by atoms with Crippen molar-refractivity contribution >= 4 is 17.3 Å². The molecule has 0 amide bonds. The number of thiophene rings is 1. The number of esters is 1. The van der Waals surface area contributed by atoms with Crippen molar-refractivity contribution in [2.24, 2.45) is 0 Å². The van der Waals surface area contributed by atoms with Gasteiger partial charge in [-0.15, -0.1) is 11.3 Å². The molecule has 2 aromatic rings. The summed E-state index contributed by atoms with van der Waals surface area (Å²) in [6, 6.07) is 10.6. The lowest BCUT2D eigenvalue weighted by atomic mass is 10.2. The smallest absolute Gasteiger partial charge is 0.353 e. The minimum absolute atomic E-state index is 0.338. The summed E-state index contributed by atoms with van der Waals surface area (Å²) in [5.41, 5.74) is 1.77. The van der Waals surface area contributed by atoms with Gasteiger partial charge in [-0.3, -0.25) is 0 Å². The molecule has 19 heavy (non-hydrogen) atoms. The molecule has 3 rings (SSSR count). The Morgan fingerprint density at radius 3 is 3.00 bits per heavy atom. The summed E-state index contributed by atoms with van der Waals surface area (Å²) in [7, 11) is 0. The van der Waals surface area contributed by atoms with Gasteiger partial charge in [0, 0.05) is 4.88 Å². The monoisotopic (exact) mass is 269 g/mol. The van der Waals surface area contributed by atoms with Crippen molar-refractivity contribution in [2.75, 3.05) is 0 Å². The molecule has 0 aliphatic heterocycles. The van der Waals surface area contributed by atoms with E-state index in [0.717, 1.165) is 12.8 Å². The molecule has 0 radical (unpaired) electrons. The number of nitriles is 1. The molecule has 1 aliphatic carbocycles. The molecular formula is C15H11NO2S. The fraction of sp³-hybridized carbons (Fsp3) is 0.200. The fourth-order valence-corrected chi connectivity index (χ4v) is 3.35. The minimum Gasteiger partial charge on any atom is -0.422 e. The fourth-order valence-electron chi connectivity index (χ4n) is 2.22. The summed E-state index contributed by atoms with van der Waals surface area (Å²) >= 11 is 1.52. The maximum absolute atomic E-state index is 12.0. The number of hydrogen-bond donors (Lipinski definition) is 0. The highest BCUT2D eigenvalue weighted by Crippen LogP contribution is 2.31. The lowest BCUT2D eigenvalue weighted by Crippen LogP contribution is -2.06. The number of fused-ring (bicyclic) bond motifs is 1. The molecule has 94 valence electrons. The van der Waals surface area contributed by atoms with Crippen LogP contribution in [0, 0.1) is 11.3 Å². The van der Waals surface area contributed by atoms with Crippen LogP contribution in [0.25, 0.3) is 0 Å². The van der Waals surface area contributed by atoms with Crippen molar-refractivity contribution in [3.05, 3.63) is 51.2 Å². The zero-order valence-corrected chi connectivity index (χ0v) is 11.0. The molecular weight excluding hydrogens is 258 g/mol. The second kappa shape index (κ2) is 4.87. The number of rotatable bonds is 2. The Hall–Kier alpha value is -2.12. The molecule has 0 bridgehead atoms. The third-order valence-electron chi connectivity index (χ3n) is 3.12. The summed E-state index contributed by atoms with van der Waals surface area (Å²) in [6.45, 7) is 0. The predicted molar refractivity (Wildman–Crippen MR) is 72.5 cm³/mol. The summed E-state index contributed by atoms with van der Waals surface area (Å²) in [6.07, 6.45) is 3.31. The van der Waals surface area contributed by atoms with Crippen molar-refractivity contribution in [1.29, 1.82) is 5.26 Å². The van der Waals surface area contributed by atoms with Crippen LogP contribution in [-0.4, -0.2) is 5.97 Å². The summed E-state index contributed by atoms with van der Waals surface area (Å²) in [5, 5.41) is 8.80. The molecule has 1 aromatic heterocycles. The Labute approximate surface area is 115 Å². The largest absolute Gasteiger partial charge is 0.422 e. The highest BCUT2D eigenvalue weighted by Gasteiger charge is 2.19. The van der Waals surface area contributed by atoms with Gasteiger partial charge in [0.25, 0.3) is 0 Å². The van der Waals surface area contributed by atoms with Crippen LogP contribution in [0.2, 0.25) is 0 Å². The zero-order valence-electron chi connectivity index (χ0n) is 10.2. The number of aryl methyl sites for hydroxylation is 2. The van der Waals surface area contributed by atoms with Crippen molar-refractivity contribution in [1.82, 2.24) is 0 Å². The molecule has 0 unspecified atom stereocenters. The molecule has 0 spiro atoms. The van der Waals surface area contributed by atoms with Crippen LogP contribution in [0.3, 0.4) is 0 Å². The quantitative estimate of drug-likeness (QED) is 0.620. The van der Waals surface area contributed by atoms with E-state index in [1.54, 1.807) is 24.3 Å². The lowest BCUT2D eigenvalue weighted by molar-refractivity contribution is 0.0740. The van der Waals surface area contributed by atoms with E-state index in [-0.39, 0.29) is 5.97 Å². The average molecular weight is 269 g/mol. The maximum Gasteiger partial charge on any atom is 0.353 e. The molecule has 1 aromatic carbocycles. The number of nitrogens with zero attached hydrogens (tertiary/aromatic N) is 1. The van der Waals surface area contributed by atoms with Gasteiger partial charge >= 0.3 is 5.97 Å². The van der Waals surface area contributed by atoms with Crippen molar-refractivity contribution in [3.8, 4) is 11.8 Å². The van der Waals surface area contributed by atoms with Gasteiger partial charge in [0.15, 0.2) is 0 Å². The Balaban J connectivity index is 1.79. The van der Waals surface area contributed by atoms with E-state index in [1.165, 1.54) is 28.2 Å². The second-order valence-corrected chi connectivity index (χ2v) is 5.58. The highest BCUT2D eigenvalue weighted by atomic mass is 32.1. The third kappa shape index (κ3) is 2.38. The molecule has 0 saturated heterocycles. The van der Waals surface area contributed by atoms with Crippen LogP contribution in [-0.2, 0) is 12.8 Å². The lowest BCUT2D eigenvalue weighted by Gasteiger charge is -2.02. The van der Waals surface area contributed by atoms with Gasteiger partial charge in [0.05, 0.1) is 11.6 Å². The van der Waals surface area contributed by atoms with Gasteiger partial charge in [0.2, 0.25) is 0 Å². The summed E-state index contributed by atoms with van der Waals surface area (Å²) in [5.74, 6) is 0.0760. The molecule has 0 N–H and O–H groups in total. The number of hydrogen-bond acceptors (Lipinski definition) is 4. The first kappa shape index (κ1) is 11.9. The number of ether oxygens (including phenoxy) is 1. The van der Waals surface area contributed by atoms with Crippen LogP contribution in [0.15, 0.2) is 30.3 Å². The number of benzene rings is 1.